The zero-order chi connectivity index (χ0) is 33.6. The molecule has 0 saturated heterocycles. The first-order chi connectivity index (χ1) is 22.6. The van der Waals surface area contributed by atoms with E-state index in [0.29, 0.717) is 41.8 Å². The van der Waals surface area contributed by atoms with E-state index in [0.717, 1.165) is 53.8 Å². The van der Waals surface area contributed by atoms with Crippen molar-refractivity contribution in [3.05, 3.63) is 86.9 Å². The lowest BCUT2D eigenvalue weighted by Gasteiger charge is -2.28. The van der Waals surface area contributed by atoms with Gasteiger partial charge in [-0.05, 0) is 78.9 Å². The largest absolute Gasteiger partial charge is 0.490 e. The topological polar surface area (TPSA) is 107 Å². The van der Waals surface area contributed by atoms with Gasteiger partial charge in [-0.25, -0.2) is 0 Å². The Hall–Kier alpha value is -4.13. The molecule has 1 aliphatic carbocycles. The highest BCUT2D eigenvalue weighted by atomic mass is 35.5. The fourth-order valence-corrected chi connectivity index (χ4v) is 5.70. The molecule has 6 rings (SSSR count). The number of fused-ring (bicyclic) bond motifs is 1. The van der Waals surface area contributed by atoms with Gasteiger partial charge in [-0.3, -0.25) is 9.59 Å². The van der Waals surface area contributed by atoms with E-state index >= 15 is 0 Å². The highest BCUT2D eigenvalue weighted by molar-refractivity contribution is 6.32. The molecule has 250 valence electrons. The average Bonchev–Trinajstić information content (AvgIpc) is 3.80. The van der Waals surface area contributed by atoms with Crippen molar-refractivity contribution in [2.24, 2.45) is 0 Å². The molecule has 2 aliphatic heterocycles. The maximum Gasteiger partial charge on any atom is 0.416 e. The Morgan fingerprint density at radius 1 is 1.00 bits per heavy atom. The predicted molar refractivity (Wildman–Crippen MR) is 168 cm³/mol. The van der Waals surface area contributed by atoms with Crippen LogP contribution in [0.15, 0.2) is 60.2 Å². The minimum absolute atomic E-state index is 0.0113. The van der Waals surface area contributed by atoms with Crippen molar-refractivity contribution < 1.29 is 46.8 Å². The molecular formula is C33H31Cl2F3N2O7. The number of nitrogens with zero attached hydrogens (tertiary/aromatic N) is 1. The lowest BCUT2D eigenvalue weighted by molar-refractivity contribution is -0.137. The fraction of sp³-hybridized carbons (Fsp3) is 0.333. The minimum atomic E-state index is -4.48. The Labute approximate surface area is 278 Å². The van der Waals surface area contributed by atoms with Gasteiger partial charge < -0.3 is 34.3 Å². The van der Waals surface area contributed by atoms with Crippen molar-refractivity contribution in [1.29, 1.82) is 0 Å². The van der Waals surface area contributed by atoms with Crippen LogP contribution in [0.3, 0.4) is 0 Å². The second-order valence-corrected chi connectivity index (χ2v) is 11.6. The van der Waals surface area contributed by atoms with Gasteiger partial charge in [0, 0.05) is 35.8 Å². The second-order valence-electron chi connectivity index (χ2n) is 10.8. The van der Waals surface area contributed by atoms with Gasteiger partial charge in [0.15, 0.2) is 11.5 Å². The van der Waals surface area contributed by atoms with E-state index in [4.69, 9.17) is 52.1 Å². The summed E-state index contributed by atoms with van der Waals surface area (Å²) in [6.07, 6.45) is -1.88. The predicted octanol–water partition coefficient (Wildman–Crippen LogP) is 6.84. The summed E-state index contributed by atoms with van der Waals surface area (Å²) in [6, 6.07) is 14.2. The number of ether oxygens (including phenoxy) is 4. The maximum absolute atomic E-state index is 14.0. The molecule has 2 N–H and O–H groups in total. The summed E-state index contributed by atoms with van der Waals surface area (Å²) in [6.45, 7) is 1.75. The van der Waals surface area contributed by atoms with E-state index in [-0.39, 0.29) is 49.2 Å². The molecule has 3 aromatic carbocycles. The number of rotatable bonds is 10. The van der Waals surface area contributed by atoms with Crippen molar-refractivity contribution in [1.82, 2.24) is 10.2 Å². The van der Waals surface area contributed by atoms with Crippen LogP contribution in [0, 0.1) is 0 Å². The van der Waals surface area contributed by atoms with E-state index in [1.54, 1.807) is 6.07 Å². The number of hydrogen-bond acceptors (Lipinski definition) is 7. The van der Waals surface area contributed by atoms with Gasteiger partial charge in [0.1, 0.15) is 24.7 Å². The molecule has 3 aliphatic rings. The monoisotopic (exact) mass is 694 g/mol. The molecule has 14 heteroatoms. The van der Waals surface area contributed by atoms with Crippen molar-refractivity contribution in [2.45, 2.75) is 38.0 Å². The number of benzene rings is 3. The van der Waals surface area contributed by atoms with Crippen LogP contribution < -0.4 is 24.3 Å². The number of alkyl halides is 3. The number of hydrogen-bond donors (Lipinski definition) is 2. The van der Waals surface area contributed by atoms with Crippen molar-refractivity contribution >= 4 is 41.2 Å². The summed E-state index contributed by atoms with van der Waals surface area (Å²) >= 11 is 12.5. The van der Waals surface area contributed by atoms with Gasteiger partial charge in [0.05, 0.1) is 10.6 Å². The first-order valence-electron chi connectivity index (χ1n) is 14.7. The molecular weight excluding hydrogens is 664 g/mol. The van der Waals surface area contributed by atoms with Crippen LogP contribution in [0.25, 0.3) is 5.57 Å². The van der Waals surface area contributed by atoms with Crippen LogP contribution in [-0.2, 0) is 22.3 Å². The number of carbonyl (C=O) groups is 2. The van der Waals surface area contributed by atoms with Crippen molar-refractivity contribution in [2.75, 3.05) is 33.1 Å². The summed E-state index contributed by atoms with van der Waals surface area (Å²) in [5, 5.41) is 10.6. The summed E-state index contributed by atoms with van der Waals surface area (Å²) in [5.41, 5.74) is 2.63. The van der Waals surface area contributed by atoms with Gasteiger partial charge in [-0.15, -0.1) is 0 Å². The van der Waals surface area contributed by atoms with Crippen LogP contribution in [0.2, 0.25) is 10.0 Å². The summed E-state index contributed by atoms with van der Waals surface area (Å²) in [5.74, 6) is 1.96. The Bertz CT molecular complexity index is 1630. The molecule has 0 unspecified atom stereocenters. The van der Waals surface area contributed by atoms with Crippen LogP contribution in [0.5, 0.6) is 23.0 Å². The van der Waals surface area contributed by atoms with Crippen LogP contribution in [-0.4, -0.2) is 61.5 Å². The Balaban J connectivity index is 0.00000139. The van der Waals surface area contributed by atoms with E-state index in [2.05, 4.69) is 5.32 Å². The molecule has 0 radical (unpaired) electrons. The Morgan fingerprint density at radius 2 is 1.68 bits per heavy atom. The molecule has 0 bridgehead atoms. The van der Waals surface area contributed by atoms with E-state index in [1.807, 2.05) is 35.2 Å². The zero-order valence-corrected chi connectivity index (χ0v) is 26.5. The van der Waals surface area contributed by atoms with Gasteiger partial charge in [-0.1, -0.05) is 35.3 Å². The van der Waals surface area contributed by atoms with Crippen molar-refractivity contribution in [3.8, 4) is 23.0 Å². The highest BCUT2D eigenvalue weighted by Gasteiger charge is 2.36. The molecule has 9 nitrogen and oxygen atoms in total. The average molecular weight is 696 g/mol. The first kappa shape index (κ1) is 34.2. The van der Waals surface area contributed by atoms with Crippen LogP contribution in [0.1, 0.15) is 36.0 Å². The van der Waals surface area contributed by atoms with Gasteiger partial charge in [0.25, 0.3) is 12.4 Å². The summed E-state index contributed by atoms with van der Waals surface area (Å²) < 4.78 is 60.7. The van der Waals surface area contributed by atoms with Crippen LogP contribution >= 0.6 is 23.2 Å². The zero-order valence-electron chi connectivity index (χ0n) is 24.9. The minimum Gasteiger partial charge on any atom is -0.490 e. The first-order valence-corrected chi connectivity index (χ1v) is 15.5. The van der Waals surface area contributed by atoms with Crippen molar-refractivity contribution in [3.63, 3.8) is 0 Å². The number of nitrogens with one attached hydrogen (secondary N) is 1. The number of carboxylic acid groups (broad SMARTS) is 1. The third kappa shape index (κ3) is 8.62. The molecule has 3 aromatic rings. The van der Waals surface area contributed by atoms with E-state index in [9.17, 15) is 18.0 Å². The second kappa shape index (κ2) is 15.2. The normalized spacial score (nSPS) is 15.4. The lowest BCUT2D eigenvalue weighted by atomic mass is 9.93. The quantitative estimate of drug-likeness (QED) is 0.176. The molecule has 1 saturated carbocycles. The molecule has 2 heterocycles. The van der Waals surface area contributed by atoms with E-state index < -0.39 is 11.7 Å². The Kier molecular flexibility index (Phi) is 11.1. The van der Waals surface area contributed by atoms with E-state index in [1.165, 1.54) is 6.07 Å². The number of halogens is 5. The third-order valence-electron chi connectivity index (χ3n) is 7.68. The Morgan fingerprint density at radius 3 is 2.34 bits per heavy atom. The number of carbonyl (C=O) groups excluding carboxylic acids is 1. The van der Waals surface area contributed by atoms with Gasteiger partial charge in [-0.2, -0.15) is 13.2 Å². The standard InChI is InChI=1S/C32H29Cl2F3N2O5.CH2O2/c33-26-15-30-29(43-18-44-30)13-20(26)17-39(22-4-5-22)31(40)25-16-38-10-9-24(25)19-1-6-23(7-2-19)41-11-12-42-28-8-3-21(14-27(28)34)32(35,36)37;2-1-3/h1-3,6-8,13-15,22,38H,4-5,9-12,16-18H2;1H,(H,2,3). The van der Waals surface area contributed by atoms with Gasteiger partial charge >= 0.3 is 6.18 Å². The maximum atomic E-state index is 14.0. The molecule has 0 spiro atoms. The summed E-state index contributed by atoms with van der Waals surface area (Å²) in [4.78, 5) is 24.3. The fourth-order valence-electron chi connectivity index (χ4n) is 5.26. The van der Waals surface area contributed by atoms with Crippen LogP contribution in [0.4, 0.5) is 13.2 Å². The molecule has 0 atom stereocenters. The summed E-state index contributed by atoms with van der Waals surface area (Å²) in [7, 11) is 0. The molecule has 47 heavy (non-hydrogen) atoms. The molecule has 1 amide bonds. The third-order valence-corrected chi connectivity index (χ3v) is 8.33. The lowest BCUT2D eigenvalue weighted by Crippen LogP contribution is -2.39. The number of amides is 1. The SMILES string of the molecule is O=C(C1=C(c2ccc(OCCOc3ccc(C(F)(F)F)cc3Cl)cc2)CCNC1)N(Cc1cc2c(cc1Cl)OCO2)C1CC1.O=CO. The van der Waals surface area contributed by atoms with Gasteiger partial charge in [0.2, 0.25) is 6.79 Å². The molecule has 0 aromatic heterocycles. The smallest absolute Gasteiger partial charge is 0.416 e. The molecule has 1 fully saturated rings. The highest BCUT2D eigenvalue weighted by Crippen LogP contribution is 2.40.